The normalized spacial score (nSPS) is 16.7. The fourth-order valence-electron chi connectivity index (χ4n) is 3.22. The summed E-state index contributed by atoms with van der Waals surface area (Å²) in [5.74, 6) is 2.74. The topological polar surface area (TPSA) is 86.9 Å². The van der Waals surface area contributed by atoms with Crippen LogP contribution in [0.1, 0.15) is 19.8 Å². The highest BCUT2D eigenvalue weighted by molar-refractivity contribution is 7.99. The maximum absolute atomic E-state index is 12.4. The lowest BCUT2D eigenvalue weighted by molar-refractivity contribution is -0.130. The smallest absolute Gasteiger partial charge is 0.277 e. The molecule has 1 atom stereocenters. The minimum atomic E-state index is 0.101. The molecule has 0 bridgehead atoms. The number of likely N-dealkylation sites (tertiary alicyclic amines) is 1. The van der Waals surface area contributed by atoms with E-state index in [4.69, 9.17) is 18.6 Å². The number of carbonyl (C=O) groups excluding carboxylic acids is 1. The number of piperidine rings is 1. The monoisotopic (exact) mass is 407 g/mol. The van der Waals surface area contributed by atoms with Crippen LogP contribution in [0.3, 0.4) is 0 Å². The Morgan fingerprint density at radius 1 is 1.21 bits per heavy atom. The van der Waals surface area contributed by atoms with Crippen molar-refractivity contribution in [1.82, 2.24) is 15.1 Å². The molecule has 0 N–H and O–H groups in total. The van der Waals surface area contributed by atoms with Crippen molar-refractivity contribution in [2.45, 2.75) is 25.0 Å². The fraction of sp³-hybridized carbons (Fsp3) is 0.526. The van der Waals surface area contributed by atoms with E-state index >= 15 is 0 Å². The molecular weight excluding hydrogens is 382 g/mol. The van der Waals surface area contributed by atoms with Gasteiger partial charge in [0.1, 0.15) is 0 Å². The number of carbonyl (C=O) groups is 1. The van der Waals surface area contributed by atoms with Crippen LogP contribution in [-0.4, -0.2) is 61.2 Å². The third-order valence-electron chi connectivity index (χ3n) is 4.65. The first kappa shape index (κ1) is 20.3. The van der Waals surface area contributed by atoms with Crippen LogP contribution >= 0.6 is 11.8 Å². The second-order valence-electron chi connectivity index (χ2n) is 6.66. The fourth-order valence-corrected chi connectivity index (χ4v) is 3.89. The summed E-state index contributed by atoms with van der Waals surface area (Å²) in [6, 6.07) is 3.48. The molecule has 3 rings (SSSR count). The van der Waals surface area contributed by atoms with Crippen LogP contribution in [0.25, 0.3) is 11.5 Å². The Hall–Kier alpha value is -2.42. The van der Waals surface area contributed by atoms with Crippen molar-refractivity contribution in [3.05, 3.63) is 12.1 Å². The third kappa shape index (κ3) is 4.52. The van der Waals surface area contributed by atoms with Crippen molar-refractivity contribution in [1.29, 1.82) is 0 Å². The van der Waals surface area contributed by atoms with Crippen molar-refractivity contribution >= 4 is 17.7 Å². The van der Waals surface area contributed by atoms with Crippen LogP contribution in [0.2, 0.25) is 0 Å². The number of rotatable bonds is 7. The van der Waals surface area contributed by atoms with Gasteiger partial charge in [-0.3, -0.25) is 4.79 Å². The minimum Gasteiger partial charge on any atom is -0.493 e. The molecule has 8 nitrogen and oxygen atoms in total. The lowest BCUT2D eigenvalue weighted by Gasteiger charge is -2.30. The Morgan fingerprint density at radius 3 is 2.54 bits per heavy atom. The summed E-state index contributed by atoms with van der Waals surface area (Å²) in [6.07, 6.45) is 2.24. The summed E-state index contributed by atoms with van der Waals surface area (Å²) in [4.78, 5) is 14.3. The number of thioether (sulfide) groups is 1. The van der Waals surface area contributed by atoms with Gasteiger partial charge in [0, 0.05) is 18.7 Å². The number of aromatic nitrogens is 2. The SMILES string of the molecule is COc1cc(-c2nnc(SCC(=O)N3CCC[C@@H](C)C3)o2)cc(OC)c1OC. The van der Waals surface area contributed by atoms with Crippen LogP contribution < -0.4 is 14.2 Å². The van der Waals surface area contributed by atoms with Gasteiger partial charge in [-0.15, -0.1) is 10.2 Å². The van der Waals surface area contributed by atoms with E-state index in [1.807, 2.05) is 4.90 Å². The molecule has 1 aliphatic heterocycles. The van der Waals surface area contributed by atoms with Crippen molar-refractivity contribution in [3.63, 3.8) is 0 Å². The van der Waals surface area contributed by atoms with E-state index < -0.39 is 0 Å². The van der Waals surface area contributed by atoms with Gasteiger partial charge in [-0.2, -0.15) is 0 Å². The Kier molecular flexibility index (Phi) is 6.66. The van der Waals surface area contributed by atoms with Crippen molar-refractivity contribution < 1.29 is 23.4 Å². The van der Waals surface area contributed by atoms with Crippen LogP contribution in [0.15, 0.2) is 21.8 Å². The van der Waals surface area contributed by atoms with Crippen LogP contribution in [0, 0.1) is 5.92 Å². The van der Waals surface area contributed by atoms with Gasteiger partial charge < -0.3 is 23.5 Å². The van der Waals surface area contributed by atoms with Gasteiger partial charge >= 0.3 is 0 Å². The van der Waals surface area contributed by atoms with Gasteiger partial charge in [0.05, 0.1) is 27.1 Å². The molecule has 2 aromatic rings. The average molecular weight is 407 g/mol. The minimum absolute atomic E-state index is 0.101. The summed E-state index contributed by atoms with van der Waals surface area (Å²) >= 11 is 1.25. The molecule has 0 spiro atoms. The largest absolute Gasteiger partial charge is 0.493 e. The van der Waals surface area contributed by atoms with Crippen LogP contribution in [0.5, 0.6) is 17.2 Å². The predicted octanol–water partition coefficient (Wildman–Crippen LogP) is 3.11. The summed E-state index contributed by atoms with van der Waals surface area (Å²) < 4.78 is 21.7. The average Bonchev–Trinajstić information content (AvgIpc) is 3.19. The quantitative estimate of drug-likeness (QED) is 0.647. The standard InChI is InChI=1S/C19H25N3O5S/c1-12-6-5-7-22(10-12)16(23)11-28-19-21-20-18(27-19)13-8-14(24-2)17(26-4)15(9-13)25-3/h8-9,12H,5-7,10-11H2,1-4H3/t12-/m1/s1. The van der Waals surface area contributed by atoms with E-state index in [1.54, 1.807) is 33.5 Å². The van der Waals surface area contributed by atoms with Gasteiger partial charge in [-0.05, 0) is 30.9 Å². The van der Waals surface area contributed by atoms with E-state index in [-0.39, 0.29) is 11.7 Å². The van der Waals surface area contributed by atoms with E-state index in [0.29, 0.717) is 39.8 Å². The molecule has 2 heterocycles. The van der Waals surface area contributed by atoms with Gasteiger partial charge in [-0.25, -0.2) is 0 Å². The second-order valence-corrected chi connectivity index (χ2v) is 7.59. The molecular formula is C19H25N3O5S. The van der Waals surface area contributed by atoms with E-state index in [0.717, 1.165) is 19.5 Å². The Morgan fingerprint density at radius 2 is 1.93 bits per heavy atom. The van der Waals surface area contributed by atoms with Gasteiger partial charge in [-0.1, -0.05) is 18.7 Å². The Bertz CT molecular complexity index is 801. The number of benzene rings is 1. The lowest BCUT2D eigenvalue weighted by atomic mass is 10.0. The van der Waals surface area contributed by atoms with Crippen molar-refractivity contribution in [2.24, 2.45) is 5.92 Å². The summed E-state index contributed by atoms with van der Waals surface area (Å²) in [5, 5.41) is 8.47. The number of amides is 1. The molecule has 0 aliphatic carbocycles. The van der Waals surface area contributed by atoms with Gasteiger partial charge in [0.25, 0.3) is 5.22 Å². The van der Waals surface area contributed by atoms with Crippen LogP contribution in [0.4, 0.5) is 0 Å². The van der Waals surface area contributed by atoms with E-state index in [9.17, 15) is 4.79 Å². The maximum Gasteiger partial charge on any atom is 0.277 e. The summed E-state index contributed by atoms with van der Waals surface area (Å²) in [7, 11) is 4.63. The summed E-state index contributed by atoms with van der Waals surface area (Å²) in [5.41, 5.74) is 0.644. The van der Waals surface area contributed by atoms with Gasteiger partial charge in [0.2, 0.25) is 17.5 Å². The van der Waals surface area contributed by atoms with E-state index in [2.05, 4.69) is 17.1 Å². The maximum atomic E-state index is 12.4. The molecule has 28 heavy (non-hydrogen) atoms. The number of hydrogen-bond donors (Lipinski definition) is 0. The number of ether oxygens (including phenoxy) is 3. The highest BCUT2D eigenvalue weighted by Crippen LogP contribution is 2.41. The first-order chi connectivity index (χ1) is 13.5. The number of nitrogens with zero attached hydrogens (tertiary/aromatic N) is 3. The number of hydrogen-bond acceptors (Lipinski definition) is 8. The molecule has 1 saturated heterocycles. The van der Waals surface area contributed by atoms with Crippen LogP contribution in [-0.2, 0) is 4.79 Å². The molecule has 0 unspecified atom stereocenters. The molecule has 0 saturated carbocycles. The predicted molar refractivity (Wildman–Crippen MR) is 105 cm³/mol. The molecule has 1 aliphatic rings. The van der Waals surface area contributed by atoms with Crippen molar-refractivity contribution in [3.8, 4) is 28.7 Å². The highest BCUT2D eigenvalue weighted by Gasteiger charge is 2.22. The first-order valence-electron chi connectivity index (χ1n) is 9.10. The molecule has 9 heteroatoms. The molecule has 1 aromatic carbocycles. The summed E-state index contributed by atoms with van der Waals surface area (Å²) in [6.45, 7) is 3.82. The zero-order valence-electron chi connectivity index (χ0n) is 16.6. The van der Waals surface area contributed by atoms with Gasteiger partial charge in [0.15, 0.2) is 11.5 Å². The highest BCUT2D eigenvalue weighted by atomic mass is 32.2. The Balaban J connectivity index is 1.69. The number of methoxy groups -OCH3 is 3. The zero-order chi connectivity index (χ0) is 20.1. The van der Waals surface area contributed by atoms with Crippen molar-refractivity contribution in [2.75, 3.05) is 40.2 Å². The molecule has 1 amide bonds. The Labute approximate surface area is 168 Å². The zero-order valence-corrected chi connectivity index (χ0v) is 17.4. The molecule has 1 fully saturated rings. The molecule has 152 valence electrons. The molecule has 0 radical (unpaired) electrons. The molecule has 1 aromatic heterocycles. The first-order valence-corrected chi connectivity index (χ1v) is 10.1. The lowest BCUT2D eigenvalue weighted by Crippen LogP contribution is -2.40. The van der Waals surface area contributed by atoms with E-state index in [1.165, 1.54) is 18.2 Å². The third-order valence-corrected chi connectivity index (χ3v) is 5.45. The second kappa shape index (κ2) is 9.18.